The van der Waals surface area contributed by atoms with Crippen LogP contribution in [-0.4, -0.2) is 239 Å². The highest BCUT2D eigenvalue weighted by molar-refractivity contribution is 4.96. The Morgan fingerprint density at radius 2 is 0.882 bits per heavy atom. The third-order valence-corrected chi connectivity index (χ3v) is 9.53. The fourth-order valence-corrected chi connectivity index (χ4v) is 6.38. The molecule has 298 valence electrons. The molecule has 51 heavy (non-hydrogen) atoms. The summed E-state index contributed by atoms with van der Waals surface area (Å²) in [5.41, 5.74) is 0. The number of hydrogen-bond acceptors (Lipinski definition) is 23. The maximum Gasteiger partial charge on any atom is 0.187 e. The minimum absolute atomic E-state index is 0.376. The molecule has 0 aromatic rings. The zero-order valence-corrected chi connectivity index (χ0v) is 27.0. The van der Waals surface area contributed by atoms with Crippen LogP contribution in [-0.2, 0) is 42.6 Å². The van der Waals surface area contributed by atoms with Crippen LogP contribution >= 0.6 is 0 Å². The molecule has 0 unspecified atom stereocenters. The number of hydrogen-bond donors (Lipinski definition) is 14. The Morgan fingerprint density at radius 1 is 0.431 bits per heavy atom. The second-order valence-electron chi connectivity index (χ2n) is 13.0. The van der Waals surface area contributed by atoms with Crippen molar-refractivity contribution in [2.75, 3.05) is 26.4 Å². The lowest BCUT2D eigenvalue weighted by molar-refractivity contribution is -0.380. The fourth-order valence-electron chi connectivity index (χ4n) is 6.38. The van der Waals surface area contributed by atoms with Crippen molar-refractivity contribution in [3.8, 4) is 0 Å². The molecule has 0 saturated carbocycles. The molecule has 23 atom stereocenters. The molecule has 5 aliphatic heterocycles. The molecule has 5 rings (SSSR count). The lowest BCUT2D eigenvalue weighted by Crippen LogP contribution is -2.66. The first-order chi connectivity index (χ1) is 24.1. The zero-order chi connectivity index (χ0) is 37.5. The van der Waals surface area contributed by atoms with Gasteiger partial charge in [-0.05, 0) is 6.92 Å². The normalized spacial score (nSPS) is 54.3. The SMILES string of the molecule is C[C@@H]1O[C@H](O[C@@H]2CO[C@@H](O)[C@H](O)[C@@H]2O)[C@H](O)[C@H](O)[C@H]1O[C@@H]1OC[C@@H](O[C@H]2O[C@@H](CO)[C@H](O[C@@H]3O[C@H](CO)[C@H](O)[C@H](O)[C@@H]3O)[C@@H](O)[C@@H]2O)[C@H](O)[C@@H]1O. The van der Waals surface area contributed by atoms with Crippen LogP contribution in [0.1, 0.15) is 6.92 Å². The summed E-state index contributed by atoms with van der Waals surface area (Å²) < 4.78 is 49.0. The fraction of sp³-hybridized carbons (Fsp3) is 1.00. The molecule has 0 aliphatic carbocycles. The summed E-state index contributed by atoms with van der Waals surface area (Å²) in [7, 11) is 0. The van der Waals surface area contributed by atoms with Crippen LogP contribution < -0.4 is 0 Å². The van der Waals surface area contributed by atoms with E-state index in [1.807, 2.05) is 0 Å². The van der Waals surface area contributed by atoms with E-state index in [4.69, 9.17) is 42.6 Å². The van der Waals surface area contributed by atoms with E-state index in [-0.39, 0.29) is 6.61 Å². The standard InChI is InChI=1S/C28H48O23/c1-6-22(15(35)20(40)26(45-6)48-9-4-43-24(42)17(37)12(9)32)50-25-18(38)13(33)10(5-44-25)49-27-21(41)16(36)23(8(3-30)47-27)51-28-19(39)14(34)11(31)7(2-29)46-28/h6-42H,2-5H2,1H3/t6-,7+,8-,9+,10+,11-,12+,13-,14-,15-,16-,17+,18-,19-,20+,21-,22-,23-,24+,25-,26+,27+,28-/m0/s1. The summed E-state index contributed by atoms with van der Waals surface area (Å²) >= 11 is 0. The van der Waals surface area contributed by atoms with Crippen LogP contribution in [0, 0.1) is 0 Å². The van der Waals surface area contributed by atoms with Gasteiger partial charge in [0, 0.05) is 0 Å². The smallest absolute Gasteiger partial charge is 0.187 e. The van der Waals surface area contributed by atoms with Gasteiger partial charge >= 0.3 is 0 Å². The van der Waals surface area contributed by atoms with Crippen molar-refractivity contribution in [1.82, 2.24) is 0 Å². The van der Waals surface area contributed by atoms with Gasteiger partial charge in [0.1, 0.15) is 104 Å². The van der Waals surface area contributed by atoms with Gasteiger partial charge in [-0.25, -0.2) is 0 Å². The lowest BCUT2D eigenvalue weighted by Gasteiger charge is -2.47. The summed E-state index contributed by atoms with van der Waals surface area (Å²) in [4.78, 5) is 0. The van der Waals surface area contributed by atoms with Crippen molar-refractivity contribution >= 4 is 0 Å². The average molecular weight is 753 g/mol. The van der Waals surface area contributed by atoms with Crippen LogP contribution in [0.4, 0.5) is 0 Å². The Balaban J connectivity index is 1.15. The predicted octanol–water partition coefficient (Wildman–Crippen LogP) is -9.62. The Labute approximate surface area is 289 Å². The highest BCUT2D eigenvalue weighted by atomic mass is 16.8. The minimum Gasteiger partial charge on any atom is -0.394 e. The summed E-state index contributed by atoms with van der Waals surface area (Å²) in [6.07, 6.45) is -37.7. The summed E-state index contributed by atoms with van der Waals surface area (Å²) in [5.74, 6) is 0. The van der Waals surface area contributed by atoms with Gasteiger partial charge in [-0.2, -0.15) is 0 Å². The molecule has 0 spiro atoms. The van der Waals surface area contributed by atoms with E-state index in [2.05, 4.69) is 0 Å². The molecule has 5 fully saturated rings. The highest BCUT2D eigenvalue weighted by Gasteiger charge is 2.54. The van der Waals surface area contributed by atoms with E-state index in [1.165, 1.54) is 6.92 Å². The van der Waals surface area contributed by atoms with E-state index in [0.29, 0.717) is 0 Å². The molecule has 14 N–H and O–H groups in total. The van der Waals surface area contributed by atoms with Gasteiger partial charge in [0.05, 0.1) is 32.5 Å². The molecule has 5 heterocycles. The van der Waals surface area contributed by atoms with Crippen LogP contribution in [0.15, 0.2) is 0 Å². The number of ether oxygens (including phenoxy) is 9. The van der Waals surface area contributed by atoms with Gasteiger partial charge in [0.25, 0.3) is 0 Å². The molecule has 0 bridgehead atoms. The number of aliphatic hydroxyl groups is 14. The van der Waals surface area contributed by atoms with Crippen molar-refractivity contribution < 1.29 is 114 Å². The molecule has 23 nitrogen and oxygen atoms in total. The van der Waals surface area contributed by atoms with Crippen molar-refractivity contribution in [2.24, 2.45) is 0 Å². The van der Waals surface area contributed by atoms with Crippen LogP contribution in [0.2, 0.25) is 0 Å². The van der Waals surface area contributed by atoms with E-state index >= 15 is 0 Å². The van der Waals surface area contributed by atoms with E-state index in [1.54, 1.807) is 0 Å². The maximum absolute atomic E-state index is 10.9. The quantitative estimate of drug-likeness (QED) is 0.0985. The van der Waals surface area contributed by atoms with Gasteiger partial charge in [0.2, 0.25) is 0 Å². The van der Waals surface area contributed by atoms with Gasteiger partial charge in [0.15, 0.2) is 31.5 Å². The monoisotopic (exact) mass is 752 g/mol. The largest absolute Gasteiger partial charge is 0.394 e. The van der Waals surface area contributed by atoms with E-state index < -0.39 is 161 Å². The summed E-state index contributed by atoms with van der Waals surface area (Å²) in [5, 5.41) is 144. The van der Waals surface area contributed by atoms with Crippen molar-refractivity contribution in [3.63, 3.8) is 0 Å². The van der Waals surface area contributed by atoms with Gasteiger partial charge < -0.3 is 114 Å². The van der Waals surface area contributed by atoms with E-state index in [9.17, 15) is 71.5 Å². The second-order valence-corrected chi connectivity index (χ2v) is 13.0. The summed E-state index contributed by atoms with van der Waals surface area (Å²) in [6.45, 7) is -1.11. The van der Waals surface area contributed by atoms with Gasteiger partial charge in [-0.1, -0.05) is 0 Å². The van der Waals surface area contributed by atoms with E-state index in [0.717, 1.165) is 0 Å². The maximum atomic E-state index is 10.9. The summed E-state index contributed by atoms with van der Waals surface area (Å²) in [6, 6.07) is 0. The first kappa shape index (κ1) is 41.2. The molecule has 0 aromatic carbocycles. The van der Waals surface area contributed by atoms with Crippen LogP contribution in [0.25, 0.3) is 0 Å². The molecule has 23 heteroatoms. The van der Waals surface area contributed by atoms with Gasteiger partial charge in [-0.15, -0.1) is 0 Å². The topological polar surface area (TPSA) is 366 Å². The van der Waals surface area contributed by atoms with Crippen molar-refractivity contribution in [3.05, 3.63) is 0 Å². The Morgan fingerprint density at radius 3 is 1.49 bits per heavy atom. The molecular weight excluding hydrogens is 704 g/mol. The Bertz CT molecular complexity index is 1090. The molecule has 5 saturated heterocycles. The number of rotatable bonds is 10. The van der Waals surface area contributed by atoms with Crippen LogP contribution in [0.3, 0.4) is 0 Å². The third kappa shape index (κ3) is 8.51. The van der Waals surface area contributed by atoms with Crippen molar-refractivity contribution in [2.45, 2.75) is 148 Å². The second kappa shape index (κ2) is 17.3. The van der Waals surface area contributed by atoms with Crippen molar-refractivity contribution in [1.29, 1.82) is 0 Å². The van der Waals surface area contributed by atoms with Crippen LogP contribution in [0.5, 0.6) is 0 Å². The highest BCUT2D eigenvalue weighted by Crippen LogP contribution is 2.33. The first-order valence-electron chi connectivity index (χ1n) is 16.3. The minimum atomic E-state index is -1.94. The molecule has 5 aliphatic rings. The lowest BCUT2D eigenvalue weighted by atomic mass is 9.96. The van der Waals surface area contributed by atoms with Gasteiger partial charge in [-0.3, -0.25) is 0 Å². The Hall–Kier alpha value is -0.920. The molecule has 0 amide bonds. The third-order valence-electron chi connectivity index (χ3n) is 9.53. The average Bonchev–Trinajstić information content (AvgIpc) is 3.11. The Kier molecular flexibility index (Phi) is 14.0. The zero-order valence-electron chi connectivity index (χ0n) is 27.0. The molecule has 0 aromatic heterocycles. The molecular formula is C28H48O23. The first-order valence-corrected chi connectivity index (χ1v) is 16.3. The number of aliphatic hydroxyl groups excluding tert-OH is 14. The molecule has 0 radical (unpaired) electrons. The predicted molar refractivity (Wildman–Crippen MR) is 153 cm³/mol.